The number of methoxy groups -OCH3 is 2. The van der Waals surface area contributed by atoms with Crippen molar-refractivity contribution >= 4 is 5.91 Å². The highest BCUT2D eigenvalue weighted by molar-refractivity contribution is 5.77. The van der Waals surface area contributed by atoms with Gasteiger partial charge >= 0.3 is 0 Å². The van der Waals surface area contributed by atoms with Crippen molar-refractivity contribution in [3.63, 3.8) is 0 Å². The molecule has 0 N–H and O–H groups in total. The average molecular weight is 354 g/mol. The SMILES string of the molecule is COCCC(=O)N1CCCC1c1cc(-c2cccc(OC)c2)cc(C)n1. The van der Waals surface area contributed by atoms with Gasteiger partial charge in [-0.1, -0.05) is 12.1 Å². The second kappa shape index (κ2) is 8.32. The molecule has 1 atom stereocenters. The Kier molecular flexibility index (Phi) is 5.89. The lowest BCUT2D eigenvalue weighted by Gasteiger charge is -2.25. The second-order valence-electron chi connectivity index (χ2n) is 6.64. The van der Waals surface area contributed by atoms with E-state index in [1.165, 1.54) is 0 Å². The van der Waals surface area contributed by atoms with E-state index in [4.69, 9.17) is 14.5 Å². The molecule has 26 heavy (non-hydrogen) atoms. The highest BCUT2D eigenvalue weighted by Crippen LogP contribution is 2.34. The summed E-state index contributed by atoms with van der Waals surface area (Å²) in [6.07, 6.45) is 2.38. The van der Waals surface area contributed by atoms with Gasteiger partial charge in [-0.15, -0.1) is 0 Å². The van der Waals surface area contributed by atoms with Crippen LogP contribution in [0.2, 0.25) is 0 Å². The molecule has 1 saturated heterocycles. The second-order valence-corrected chi connectivity index (χ2v) is 6.64. The van der Waals surface area contributed by atoms with Gasteiger partial charge in [0.2, 0.25) is 5.91 Å². The Labute approximate surface area is 155 Å². The molecule has 0 bridgehead atoms. The number of benzene rings is 1. The number of hydrogen-bond acceptors (Lipinski definition) is 4. The standard InChI is InChI=1S/C21H26N2O3/c1-15-12-17(16-6-4-7-18(13-16)26-3)14-19(22-15)20-8-5-10-23(20)21(24)9-11-25-2/h4,6-7,12-14,20H,5,8-11H2,1-3H3. The number of ether oxygens (including phenoxy) is 2. The minimum absolute atomic E-state index is 0.0450. The largest absolute Gasteiger partial charge is 0.497 e. The van der Waals surface area contributed by atoms with Crippen molar-refractivity contribution < 1.29 is 14.3 Å². The molecule has 1 aliphatic rings. The van der Waals surface area contributed by atoms with Gasteiger partial charge in [-0.25, -0.2) is 0 Å². The third-order valence-corrected chi connectivity index (χ3v) is 4.81. The van der Waals surface area contributed by atoms with Gasteiger partial charge in [0.1, 0.15) is 5.75 Å². The fraction of sp³-hybridized carbons (Fsp3) is 0.429. The Morgan fingerprint density at radius 1 is 1.23 bits per heavy atom. The molecule has 2 aromatic rings. The average Bonchev–Trinajstić information content (AvgIpc) is 3.15. The number of aryl methyl sites for hydroxylation is 1. The van der Waals surface area contributed by atoms with Crippen LogP contribution >= 0.6 is 0 Å². The van der Waals surface area contributed by atoms with Gasteiger partial charge in [0.05, 0.1) is 31.9 Å². The Balaban J connectivity index is 1.90. The van der Waals surface area contributed by atoms with Gasteiger partial charge in [0.15, 0.2) is 0 Å². The van der Waals surface area contributed by atoms with Gasteiger partial charge < -0.3 is 14.4 Å². The molecule has 5 nitrogen and oxygen atoms in total. The first-order valence-corrected chi connectivity index (χ1v) is 9.04. The van der Waals surface area contributed by atoms with Gasteiger partial charge in [-0.05, 0) is 55.2 Å². The Hall–Kier alpha value is -2.40. The van der Waals surface area contributed by atoms with Crippen LogP contribution in [0.3, 0.4) is 0 Å². The first-order valence-electron chi connectivity index (χ1n) is 9.04. The lowest BCUT2D eigenvalue weighted by atomic mass is 10.0. The van der Waals surface area contributed by atoms with E-state index in [0.29, 0.717) is 13.0 Å². The van der Waals surface area contributed by atoms with Crippen LogP contribution < -0.4 is 4.74 Å². The summed E-state index contributed by atoms with van der Waals surface area (Å²) in [6.45, 7) is 3.24. The van der Waals surface area contributed by atoms with Crippen molar-refractivity contribution in [2.24, 2.45) is 0 Å². The maximum absolute atomic E-state index is 12.5. The van der Waals surface area contributed by atoms with E-state index < -0.39 is 0 Å². The van der Waals surface area contributed by atoms with Gasteiger partial charge in [0.25, 0.3) is 0 Å². The molecule has 0 aliphatic carbocycles. The smallest absolute Gasteiger partial charge is 0.225 e. The highest BCUT2D eigenvalue weighted by Gasteiger charge is 2.30. The van der Waals surface area contributed by atoms with Crippen LogP contribution in [0.5, 0.6) is 5.75 Å². The summed E-state index contributed by atoms with van der Waals surface area (Å²) >= 11 is 0. The van der Waals surface area contributed by atoms with E-state index in [9.17, 15) is 4.79 Å². The molecular formula is C21H26N2O3. The van der Waals surface area contributed by atoms with Crippen molar-refractivity contribution in [3.05, 3.63) is 47.8 Å². The molecule has 0 spiro atoms. The van der Waals surface area contributed by atoms with E-state index >= 15 is 0 Å². The molecule has 138 valence electrons. The Morgan fingerprint density at radius 3 is 2.85 bits per heavy atom. The number of rotatable bonds is 6. The number of carbonyl (C=O) groups excluding carboxylic acids is 1. The summed E-state index contributed by atoms with van der Waals surface area (Å²) in [6, 6.07) is 12.2. The van der Waals surface area contributed by atoms with Crippen molar-refractivity contribution in [2.45, 2.75) is 32.2 Å². The van der Waals surface area contributed by atoms with Crippen LogP contribution in [-0.4, -0.2) is 43.2 Å². The Bertz CT molecular complexity index is 776. The molecule has 1 aliphatic heterocycles. The third-order valence-electron chi connectivity index (χ3n) is 4.81. The molecule has 5 heteroatoms. The summed E-state index contributed by atoms with van der Waals surface area (Å²) in [7, 11) is 3.29. The number of likely N-dealkylation sites (tertiary alicyclic amines) is 1. The highest BCUT2D eigenvalue weighted by atomic mass is 16.5. The fourth-order valence-corrected chi connectivity index (χ4v) is 3.54. The summed E-state index contributed by atoms with van der Waals surface area (Å²) in [5.74, 6) is 0.969. The predicted molar refractivity (Wildman–Crippen MR) is 101 cm³/mol. The number of nitrogens with zero attached hydrogens (tertiary/aromatic N) is 2. The minimum Gasteiger partial charge on any atom is -0.497 e. The predicted octanol–water partition coefficient (Wildman–Crippen LogP) is 3.77. The zero-order valence-corrected chi connectivity index (χ0v) is 15.7. The number of amides is 1. The maximum atomic E-state index is 12.5. The Morgan fingerprint density at radius 2 is 2.08 bits per heavy atom. The maximum Gasteiger partial charge on any atom is 0.225 e. The molecule has 3 rings (SSSR count). The van der Waals surface area contributed by atoms with Crippen LogP contribution in [0.1, 0.15) is 36.7 Å². The zero-order chi connectivity index (χ0) is 18.5. The normalized spacial score (nSPS) is 16.7. The monoisotopic (exact) mass is 354 g/mol. The molecule has 1 unspecified atom stereocenters. The zero-order valence-electron chi connectivity index (χ0n) is 15.7. The molecule has 2 heterocycles. The van der Waals surface area contributed by atoms with Crippen LogP contribution in [-0.2, 0) is 9.53 Å². The third kappa shape index (κ3) is 4.05. The van der Waals surface area contributed by atoms with Crippen LogP contribution in [0.25, 0.3) is 11.1 Å². The molecule has 1 aromatic heterocycles. The minimum atomic E-state index is 0.0450. The topological polar surface area (TPSA) is 51.7 Å². The van der Waals surface area contributed by atoms with Crippen LogP contribution in [0, 0.1) is 6.92 Å². The van der Waals surface area contributed by atoms with Crippen molar-refractivity contribution in [1.82, 2.24) is 9.88 Å². The van der Waals surface area contributed by atoms with Crippen LogP contribution in [0.4, 0.5) is 0 Å². The van der Waals surface area contributed by atoms with E-state index in [1.807, 2.05) is 30.0 Å². The first kappa shape index (κ1) is 18.4. The lowest BCUT2D eigenvalue weighted by molar-refractivity contribution is -0.133. The van der Waals surface area contributed by atoms with Gasteiger partial charge in [0, 0.05) is 19.3 Å². The number of carbonyl (C=O) groups is 1. The van der Waals surface area contributed by atoms with E-state index in [1.54, 1.807) is 14.2 Å². The number of aromatic nitrogens is 1. The summed E-state index contributed by atoms with van der Waals surface area (Å²) in [5.41, 5.74) is 4.11. The lowest BCUT2D eigenvalue weighted by Crippen LogP contribution is -2.31. The van der Waals surface area contributed by atoms with E-state index in [0.717, 1.165) is 47.7 Å². The molecule has 1 aromatic carbocycles. The van der Waals surface area contributed by atoms with Gasteiger partial charge in [-0.2, -0.15) is 0 Å². The molecule has 1 fully saturated rings. The summed E-state index contributed by atoms with van der Waals surface area (Å²) < 4.78 is 10.4. The number of hydrogen-bond donors (Lipinski definition) is 0. The fourth-order valence-electron chi connectivity index (χ4n) is 3.54. The molecule has 0 saturated carbocycles. The quantitative estimate of drug-likeness (QED) is 0.792. The summed E-state index contributed by atoms with van der Waals surface area (Å²) in [5, 5.41) is 0. The van der Waals surface area contributed by atoms with Crippen LogP contribution in [0.15, 0.2) is 36.4 Å². The molecule has 1 amide bonds. The molecule has 0 radical (unpaired) electrons. The van der Waals surface area contributed by atoms with E-state index in [2.05, 4.69) is 18.2 Å². The van der Waals surface area contributed by atoms with Crippen molar-refractivity contribution in [2.75, 3.05) is 27.4 Å². The van der Waals surface area contributed by atoms with Crippen molar-refractivity contribution in [1.29, 1.82) is 0 Å². The number of pyridine rings is 1. The summed E-state index contributed by atoms with van der Waals surface area (Å²) in [4.78, 5) is 19.2. The van der Waals surface area contributed by atoms with E-state index in [-0.39, 0.29) is 11.9 Å². The van der Waals surface area contributed by atoms with Gasteiger partial charge in [-0.3, -0.25) is 9.78 Å². The first-order chi connectivity index (χ1) is 12.6. The molecular weight excluding hydrogens is 328 g/mol. The van der Waals surface area contributed by atoms with Crippen molar-refractivity contribution in [3.8, 4) is 16.9 Å².